The lowest BCUT2D eigenvalue weighted by Gasteiger charge is -2.41. The third-order valence-electron chi connectivity index (χ3n) is 8.44. The number of carbonyl (C=O) groups is 2. The highest BCUT2D eigenvalue weighted by Crippen LogP contribution is 2.47. The van der Waals surface area contributed by atoms with Crippen LogP contribution in [0.2, 0.25) is 0 Å². The molecule has 0 spiro atoms. The molecule has 1 aromatic heterocycles. The Kier molecular flexibility index (Phi) is 8.15. The molecular weight excluding hydrogens is 530 g/mol. The standard InChI is InChI=1S/C29H33F4N3O4/c30-24-12-19(11-23(14-24)29(31,32)33)15-35-27(39)28(22-1-2-22)7-3-18(17-40-28)16-36-9-5-20(6-10-36)21-4-8-34-25(13-21)26(37)38/h4,8,11-14,18,20,22H,1-3,5-7,9-10,15-17H2,(H,35,39)(H,37,38)/t18-,28-/m0/s1. The number of likely N-dealkylation sites (tertiary alicyclic amines) is 1. The molecule has 0 unspecified atom stereocenters. The molecule has 3 aliphatic rings. The van der Waals surface area contributed by atoms with Crippen LogP contribution in [0.5, 0.6) is 0 Å². The van der Waals surface area contributed by atoms with E-state index in [4.69, 9.17) is 4.74 Å². The van der Waals surface area contributed by atoms with Crippen LogP contribution in [0.3, 0.4) is 0 Å². The highest BCUT2D eigenvalue weighted by atomic mass is 19.4. The third kappa shape index (κ3) is 6.46. The molecule has 5 rings (SSSR count). The number of ether oxygens (including phenoxy) is 1. The topological polar surface area (TPSA) is 91.8 Å². The van der Waals surface area contributed by atoms with E-state index in [2.05, 4.69) is 15.2 Å². The fourth-order valence-electron chi connectivity index (χ4n) is 6.10. The van der Waals surface area contributed by atoms with Gasteiger partial charge in [-0.1, -0.05) is 0 Å². The maximum absolute atomic E-state index is 13.8. The molecule has 40 heavy (non-hydrogen) atoms. The van der Waals surface area contributed by atoms with Crippen LogP contribution in [0.15, 0.2) is 36.5 Å². The number of nitrogens with zero attached hydrogens (tertiary/aromatic N) is 2. The van der Waals surface area contributed by atoms with Crippen molar-refractivity contribution in [1.82, 2.24) is 15.2 Å². The van der Waals surface area contributed by atoms with Gasteiger partial charge in [0.05, 0.1) is 12.2 Å². The quantitative estimate of drug-likeness (QED) is 0.439. The van der Waals surface area contributed by atoms with Crippen molar-refractivity contribution in [2.24, 2.45) is 11.8 Å². The number of pyridine rings is 1. The summed E-state index contributed by atoms with van der Waals surface area (Å²) in [5.41, 5.74) is -0.965. The van der Waals surface area contributed by atoms with Crippen LogP contribution in [-0.2, 0) is 22.3 Å². The van der Waals surface area contributed by atoms with Crippen LogP contribution in [0.4, 0.5) is 17.6 Å². The molecule has 11 heteroatoms. The molecule has 1 aromatic carbocycles. The lowest BCUT2D eigenvalue weighted by atomic mass is 9.83. The largest absolute Gasteiger partial charge is 0.477 e. The van der Waals surface area contributed by atoms with Crippen molar-refractivity contribution in [3.63, 3.8) is 0 Å². The molecule has 2 saturated heterocycles. The van der Waals surface area contributed by atoms with Crippen molar-refractivity contribution in [3.05, 3.63) is 64.7 Å². The molecule has 0 radical (unpaired) electrons. The van der Waals surface area contributed by atoms with Crippen LogP contribution in [0.1, 0.15) is 71.6 Å². The molecule has 1 amide bonds. The van der Waals surface area contributed by atoms with E-state index in [1.54, 1.807) is 12.3 Å². The van der Waals surface area contributed by atoms with E-state index >= 15 is 0 Å². The smallest absolute Gasteiger partial charge is 0.416 e. The maximum Gasteiger partial charge on any atom is 0.416 e. The summed E-state index contributed by atoms with van der Waals surface area (Å²) >= 11 is 0. The number of alkyl halides is 3. The van der Waals surface area contributed by atoms with Gasteiger partial charge in [0.1, 0.15) is 17.1 Å². The molecule has 1 aliphatic carbocycles. The Morgan fingerprint density at radius 3 is 2.48 bits per heavy atom. The predicted molar refractivity (Wildman–Crippen MR) is 137 cm³/mol. The van der Waals surface area contributed by atoms with E-state index in [0.29, 0.717) is 19.1 Å². The number of aromatic carboxylic acids is 1. The number of carboxylic acid groups (broad SMARTS) is 1. The first-order valence-electron chi connectivity index (χ1n) is 13.7. The van der Waals surface area contributed by atoms with Crippen LogP contribution < -0.4 is 5.32 Å². The Balaban J connectivity index is 1.12. The number of hydrogen-bond acceptors (Lipinski definition) is 5. The molecule has 2 aliphatic heterocycles. The SMILES string of the molecule is O=C(O)c1cc(C2CCN(C[C@@H]3CC[C@@](C(=O)NCc4cc(F)cc(C(F)(F)F)c4)(C4CC4)OC3)CC2)ccn1. The molecule has 2 aromatic rings. The monoisotopic (exact) mass is 563 g/mol. The van der Waals surface area contributed by atoms with E-state index < -0.39 is 29.1 Å². The summed E-state index contributed by atoms with van der Waals surface area (Å²) < 4.78 is 59.2. The first-order valence-corrected chi connectivity index (χ1v) is 13.7. The molecule has 1 saturated carbocycles. The number of amides is 1. The average molecular weight is 564 g/mol. The van der Waals surface area contributed by atoms with Gasteiger partial charge in [0, 0.05) is 19.3 Å². The Hall–Kier alpha value is -3.05. The van der Waals surface area contributed by atoms with Gasteiger partial charge in [0.25, 0.3) is 5.91 Å². The second-order valence-corrected chi connectivity index (χ2v) is 11.3. The fourth-order valence-corrected chi connectivity index (χ4v) is 6.10. The number of aromatic nitrogens is 1. The minimum absolute atomic E-state index is 0.0506. The van der Waals surface area contributed by atoms with Crippen molar-refractivity contribution in [2.45, 2.75) is 62.8 Å². The van der Waals surface area contributed by atoms with Gasteiger partial charge in [-0.15, -0.1) is 0 Å². The molecule has 216 valence electrons. The van der Waals surface area contributed by atoms with Gasteiger partial charge in [0.15, 0.2) is 0 Å². The first kappa shape index (κ1) is 28.5. The van der Waals surface area contributed by atoms with Crippen LogP contribution in [-0.4, -0.2) is 58.7 Å². The Morgan fingerprint density at radius 2 is 1.85 bits per heavy atom. The lowest BCUT2D eigenvalue weighted by Crippen LogP contribution is -2.54. The van der Waals surface area contributed by atoms with Crippen molar-refractivity contribution in [3.8, 4) is 0 Å². The summed E-state index contributed by atoms with van der Waals surface area (Å²) in [5, 5.41) is 11.9. The van der Waals surface area contributed by atoms with Crippen LogP contribution in [0.25, 0.3) is 0 Å². The van der Waals surface area contributed by atoms with E-state index in [-0.39, 0.29) is 41.5 Å². The molecule has 2 N–H and O–H groups in total. The molecule has 3 heterocycles. The number of carbonyl (C=O) groups excluding carboxylic acids is 1. The second-order valence-electron chi connectivity index (χ2n) is 11.3. The summed E-state index contributed by atoms with van der Waals surface area (Å²) in [7, 11) is 0. The van der Waals surface area contributed by atoms with Crippen molar-refractivity contribution >= 4 is 11.9 Å². The number of benzene rings is 1. The summed E-state index contributed by atoms with van der Waals surface area (Å²) in [6.45, 7) is 2.83. The number of carboxylic acids is 1. The predicted octanol–water partition coefficient (Wildman–Crippen LogP) is 5.01. The molecule has 7 nitrogen and oxygen atoms in total. The first-order chi connectivity index (χ1) is 19.0. The van der Waals surface area contributed by atoms with Crippen molar-refractivity contribution < 1.29 is 37.0 Å². The Morgan fingerprint density at radius 1 is 1.10 bits per heavy atom. The van der Waals surface area contributed by atoms with Gasteiger partial charge in [-0.3, -0.25) is 4.79 Å². The average Bonchev–Trinajstić information content (AvgIpc) is 3.78. The number of hydrogen-bond donors (Lipinski definition) is 2. The van der Waals surface area contributed by atoms with Gasteiger partial charge < -0.3 is 20.1 Å². The highest BCUT2D eigenvalue weighted by Gasteiger charge is 2.53. The molecular formula is C29H33F4N3O4. The zero-order chi connectivity index (χ0) is 28.5. The van der Waals surface area contributed by atoms with E-state index in [9.17, 15) is 32.3 Å². The molecule has 3 fully saturated rings. The summed E-state index contributed by atoms with van der Waals surface area (Å²) in [4.78, 5) is 30.8. The van der Waals surface area contributed by atoms with Crippen LogP contribution in [0, 0.1) is 17.7 Å². The zero-order valence-electron chi connectivity index (χ0n) is 22.1. The fraction of sp³-hybridized carbons (Fsp3) is 0.552. The van der Waals surface area contributed by atoms with Crippen molar-refractivity contribution in [2.75, 3.05) is 26.2 Å². The van der Waals surface area contributed by atoms with Crippen molar-refractivity contribution in [1.29, 1.82) is 0 Å². The number of piperidine rings is 1. The normalized spacial score (nSPS) is 24.6. The minimum atomic E-state index is -4.67. The van der Waals surface area contributed by atoms with E-state index in [0.717, 1.165) is 69.4 Å². The van der Waals surface area contributed by atoms with Gasteiger partial charge >= 0.3 is 12.1 Å². The highest BCUT2D eigenvalue weighted by molar-refractivity contribution is 5.86. The Labute approximate surface area is 229 Å². The van der Waals surface area contributed by atoms with Gasteiger partial charge in [0.2, 0.25) is 0 Å². The van der Waals surface area contributed by atoms with Crippen LogP contribution >= 0.6 is 0 Å². The molecule has 2 atom stereocenters. The van der Waals surface area contributed by atoms with Gasteiger partial charge in [-0.05, 0) is 111 Å². The maximum atomic E-state index is 13.8. The molecule has 0 bridgehead atoms. The summed E-state index contributed by atoms with van der Waals surface area (Å²) in [6.07, 6.45) is 1.78. The summed E-state index contributed by atoms with van der Waals surface area (Å²) in [6, 6.07) is 5.84. The minimum Gasteiger partial charge on any atom is -0.477 e. The summed E-state index contributed by atoms with van der Waals surface area (Å²) in [5.74, 6) is -1.74. The number of halogens is 4. The number of rotatable bonds is 8. The lowest BCUT2D eigenvalue weighted by molar-refractivity contribution is -0.164. The van der Waals surface area contributed by atoms with Gasteiger partial charge in [-0.2, -0.15) is 13.2 Å². The van der Waals surface area contributed by atoms with E-state index in [1.165, 1.54) is 0 Å². The Bertz CT molecular complexity index is 1230. The third-order valence-corrected chi connectivity index (χ3v) is 8.44. The second kappa shape index (κ2) is 11.4. The zero-order valence-corrected chi connectivity index (χ0v) is 22.1. The van der Waals surface area contributed by atoms with E-state index in [1.807, 2.05) is 6.07 Å². The number of nitrogens with one attached hydrogen (secondary N) is 1. The van der Waals surface area contributed by atoms with Gasteiger partial charge in [-0.25, -0.2) is 14.2 Å².